The highest BCUT2D eigenvalue weighted by molar-refractivity contribution is 7.16. The van der Waals surface area contributed by atoms with Crippen molar-refractivity contribution in [3.8, 4) is 11.5 Å². The van der Waals surface area contributed by atoms with E-state index in [4.69, 9.17) is 18.9 Å². The molecule has 0 saturated carbocycles. The minimum atomic E-state index is -0.108. The number of ether oxygens (including phenoxy) is 2. The van der Waals surface area contributed by atoms with Crippen LogP contribution in [0.4, 0.5) is 5.00 Å². The zero-order valence-electron chi connectivity index (χ0n) is 22.0. The zero-order chi connectivity index (χ0) is 25.9. The highest BCUT2D eigenvalue weighted by atomic mass is 32.1. The van der Waals surface area contributed by atoms with Gasteiger partial charge in [-0.25, -0.2) is 4.99 Å². The number of hydrogen-bond donors (Lipinski definition) is 1. The van der Waals surface area contributed by atoms with Gasteiger partial charge in [-0.2, -0.15) is 0 Å². The molecule has 0 radical (unpaired) electrons. The first-order valence-corrected chi connectivity index (χ1v) is 13.3. The molecule has 0 spiro atoms. The Bertz CT molecular complexity index is 1220. The summed E-state index contributed by atoms with van der Waals surface area (Å²) in [6, 6.07) is 9.42. The molecule has 1 aliphatic rings. The molecule has 0 saturated heterocycles. The number of aliphatic imine (C=N–C) groups is 1. The molecule has 6 nitrogen and oxygen atoms in total. The van der Waals surface area contributed by atoms with Gasteiger partial charge in [-0.15, -0.1) is 11.3 Å². The number of furan rings is 1. The number of amides is 1. The SMILES string of the molecule is COc1cc(C=Nc2sc3c(c2C(=O)NCc2ccco2)CC[C@@H](C(C)(C)C)C3)ccc1OC(C)C. The van der Waals surface area contributed by atoms with Crippen LogP contribution in [0.15, 0.2) is 46.0 Å². The first kappa shape index (κ1) is 26.0. The second kappa shape index (κ2) is 10.9. The summed E-state index contributed by atoms with van der Waals surface area (Å²) < 4.78 is 16.7. The van der Waals surface area contributed by atoms with Gasteiger partial charge in [0.15, 0.2) is 11.5 Å². The summed E-state index contributed by atoms with van der Waals surface area (Å²) in [5, 5.41) is 3.77. The summed E-state index contributed by atoms with van der Waals surface area (Å²) in [5.41, 5.74) is 2.94. The molecule has 7 heteroatoms. The Labute approximate surface area is 217 Å². The quantitative estimate of drug-likeness (QED) is 0.334. The smallest absolute Gasteiger partial charge is 0.255 e. The van der Waals surface area contributed by atoms with E-state index in [0.717, 1.165) is 41.2 Å². The normalized spacial score (nSPS) is 15.8. The third kappa shape index (κ3) is 6.01. The van der Waals surface area contributed by atoms with Gasteiger partial charge in [0.05, 0.1) is 31.6 Å². The fraction of sp³-hybridized carbons (Fsp3) is 0.448. The molecule has 1 amide bonds. The lowest BCUT2D eigenvalue weighted by atomic mass is 9.72. The molecule has 1 atom stereocenters. The molecule has 1 N–H and O–H groups in total. The third-order valence-corrected chi connectivity index (χ3v) is 7.75. The van der Waals surface area contributed by atoms with Crippen molar-refractivity contribution in [3.05, 3.63) is 63.9 Å². The van der Waals surface area contributed by atoms with Crippen molar-refractivity contribution >= 4 is 28.5 Å². The Balaban J connectivity index is 1.64. The average molecular weight is 509 g/mol. The molecular formula is C29H36N2O4S. The summed E-state index contributed by atoms with van der Waals surface area (Å²) >= 11 is 1.64. The number of carbonyl (C=O) groups is 1. The van der Waals surface area contributed by atoms with Crippen LogP contribution >= 0.6 is 11.3 Å². The molecule has 1 aromatic carbocycles. The molecular weight excluding hydrogens is 472 g/mol. The van der Waals surface area contributed by atoms with Crippen molar-refractivity contribution in [3.63, 3.8) is 0 Å². The van der Waals surface area contributed by atoms with Gasteiger partial charge in [-0.3, -0.25) is 4.79 Å². The standard InChI is InChI=1S/C29H36N2O4S/c1-18(2)35-23-12-9-19(14-24(23)33-6)16-31-28-26(27(32)30-17-21-8-7-13-34-21)22-11-10-20(29(3,4)5)15-25(22)36-28/h7-9,12-14,16,18,20H,10-11,15,17H2,1-6H3,(H,30,32)/t20-/m1/s1. The van der Waals surface area contributed by atoms with Crippen molar-refractivity contribution in [1.82, 2.24) is 5.32 Å². The maximum absolute atomic E-state index is 13.4. The number of nitrogens with one attached hydrogen (secondary N) is 1. The molecule has 0 bridgehead atoms. The number of thiophene rings is 1. The molecule has 0 unspecified atom stereocenters. The van der Waals surface area contributed by atoms with E-state index in [1.54, 1.807) is 30.9 Å². The zero-order valence-corrected chi connectivity index (χ0v) is 22.8. The van der Waals surface area contributed by atoms with Crippen molar-refractivity contribution in [1.29, 1.82) is 0 Å². The molecule has 2 heterocycles. The van der Waals surface area contributed by atoms with E-state index in [0.29, 0.717) is 29.5 Å². The van der Waals surface area contributed by atoms with Gasteiger partial charge >= 0.3 is 0 Å². The number of fused-ring (bicyclic) bond motifs is 1. The van der Waals surface area contributed by atoms with Gasteiger partial charge in [0, 0.05) is 11.1 Å². The Hall–Kier alpha value is -3.06. The van der Waals surface area contributed by atoms with Crippen LogP contribution in [0.2, 0.25) is 0 Å². The lowest BCUT2D eigenvalue weighted by Crippen LogP contribution is -2.28. The molecule has 2 aromatic heterocycles. The number of methoxy groups -OCH3 is 1. The minimum Gasteiger partial charge on any atom is -0.493 e. The van der Waals surface area contributed by atoms with Crippen molar-refractivity contribution in [2.45, 2.75) is 66.5 Å². The van der Waals surface area contributed by atoms with E-state index < -0.39 is 0 Å². The summed E-state index contributed by atoms with van der Waals surface area (Å²) in [5.74, 6) is 2.55. The van der Waals surface area contributed by atoms with Crippen molar-refractivity contribution in [2.24, 2.45) is 16.3 Å². The van der Waals surface area contributed by atoms with Crippen LogP contribution in [-0.2, 0) is 19.4 Å². The fourth-order valence-electron chi connectivity index (χ4n) is 4.55. The summed E-state index contributed by atoms with van der Waals surface area (Å²) in [4.78, 5) is 19.5. The third-order valence-electron chi connectivity index (χ3n) is 6.58. The fourth-order valence-corrected chi connectivity index (χ4v) is 5.82. The first-order chi connectivity index (χ1) is 17.2. The highest BCUT2D eigenvalue weighted by Gasteiger charge is 2.33. The van der Waals surface area contributed by atoms with Gasteiger partial charge in [-0.1, -0.05) is 20.8 Å². The summed E-state index contributed by atoms with van der Waals surface area (Å²) in [6.07, 6.45) is 6.40. The molecule has 0 fully saturated rings. The largest absolute Gasteiger partial charge is 0.493 e. The molecule has 192 valence electrons. The number of rotatable bonds is 8. The average Bonchev–Trinajstić information content (AvgIpc) is 3.48. The van der Waals surface area contributed by atoms with E-state index in [1.807, 2.05) is 44.2 Å². The minimum absolute atomic E-state index is 0.0510. The maximum Gasteiger partial charge on any atom is 0.255 e. The van der Waals surface area contributed by atoms with Crippen LogP contribution in [0, 0.1) is 11.3 Å². The topological polar surface area (TPSA) is 73.1 Å². The van der Waals surface area contributed by atoms with Gasteiger partial charge in [0.1, 0.15) is 10.8 Å². The van der Waals surface area contributed by atoms with E-state index in [9.17, 15) is 4.79 Å². The van der Waals surface area contributed by atoms with Gasteiger partial charge in [0.2, 0.25) is 0 Å². The van der Waals surface area contributed by atoms with E-state index in [-0.39, 0.29) is 17.4 Å². The van der Waals surface area contributed by atoms with Crippen LogP contribution < -0.4 is 14.8 Å². The lowest BCUT2D eigenvalue weighted by Gasteiger charge is -2.33. The van der Waals surface area contributed by atoms with E-state index in [1.165, 1.54) is 4.88 Å². The van der Waals surface area contributed by atoms with Gasteiger partial charge in [-0.05, 0) is 85.9 Å². The molecule has 1 aliphatic carbocycles. The van der Waals surface area contributed by atoms with Crippen LogP contribution in [-0.4, -0.2) is 25.3 Å². The van der Waals surface area contributed by atoms with Crippen LogP contribution in [0.25, 0.3) is 0 Å². The number of benzene rings is 1. The molecule has 0 aliphatic heterocycles. The highest BCUT2D eigenvalue weighted by Crippen LogP contribution is 2.45. The van der Waals surface area contributed by atoms with Gasteiger partial charge < -0.3 is 19.2 Å². The Kier molecular flexibility index (Phi) is 7.88. The second-order valence-electron chi connectivity index (χ2n) is 10.6. The lowest BCUT2D eigenvalue weighted by molar-refractivity contribution is 0.0947. The number of hydrogen-bond acceptors (Lipinski definition) is 6. The Morgan fingerprint density at radius 1 is 1.28 bits per heavy atom. The predicted octanol–water partition coefficient (Wildman–Crippen LogP) is 6.97. The van der Waals surface area contributed by atoms with Crippen LogP contribution in [0.1, 0.15) is 73.2 Å². The van der Waals surface area contributed by atoms with Crippen molar-refractivity contribution in [2.75, 3.05) is 7.11 Å². The Morgan fingerprint density at radius 2 is 2.08 bits per heavy atom. The van der Waals surface area contributed by atoms with Crippen LogP contribution in [0.3, 0.4) is 0 Å². The Morgan fingerprint density at radius 3 is 2.75 bits per heavy atom. The maximum atomic E-state index is 13.4. The molecule has 3 aromatic rings. The summed E-state index contributed by atoms with van der Waals surface area (Å²) in [7, 11) is 1.63. The van der Waals surface area contributed by atoms with E-state index >= 15 is 0 Å². The van der Waals surface area contributed by atoms with E-state index in [2.05, 4.69) is 26.1 Å². The number of carbonyl (C=O) groups excluding carboxylic acids is 1. The monoisotopic (exact) mass is 508 g/mol. The molecule has 4 rings (SSSR count). The first-order valence-electron chi connectivity index (χ1n) is 12.5. The summed E-state index contributed by atoms with van der Waals surface area (Å²) in [6.45, 7) is 11.2. The van der Waals surface area contributed by atoms with Crippen molar-refractivity contribution < 1.29 is 18.7 Å². The molecule has 36 heavy (non-hydrogen) atoms. The number of nitrogens with zero attached hydrogens (tertiary/aromatic N) is 1. The second-order valence-corrected chi connectivity index (χ2v) is 11.7. The predicted molar refractivity (Wildman–Crippen MR) is 145 cm³/mol. The van der Waals surface area contributed by atoms with Gasteiger partial charge in [0.25, 0.3) is 5.91 Å². The van der Waals surface area contributed by atoms with Crippen LogP contribution in [0.5, 0.6) is 11.5 Å².